The first kappa shape index (κ1) is 8.92. The molecule has 0 aromatic carbocycles. The van der Waals surface area contributed by atoms with E-state index in [1.165, 1.54) is 0 Å². The van der Waals surface area contributed by atoms with E-state index in [-0.39, 0.29) is 11.7 Å². The minimum Gasteiger partial charge on any atom is -0.319 e. The minimum atomic E-state index is -0.720. The molecular formula is C6H12ClNO. The molecule has 0 aromatic heterocycles. The molecule has 0 fully saturated rings. The smallest absolute Gasteiger partial charge is 0.167 e. The summed E-state index contributed by atoms with van der Waals surface area (Å²) < 4.78 is 0. The summed E-state index contributed by atoms with van der Waals surface area (Å²) in [6.45, 7) is 3.56. The summed E-state index contributed by atoms with van der Waals surface area (Å²) in [4.78, 5) is 10.8. The Bertz CT molecular complexity index is 112. The van der Waals surface area contributed by atoms with E-state index >= 15 is 0 Å². The molecule has 0 bridgehead atoms. The van der Waals surface area contributed by atoms with E-state index in [1.807, 2.05) is 6.92 Å². The Morgan fingerprint density at radius 2 is 2.22 bits per heavy atom. The van der Waals surface area contributed by atoms with Gasteiger partial charge in [-0.15, -0.1) is 11.6 Å². The van der Waals surface area contributed by atoms with Gasteiger partial charge < -0.3 is 5.73 Å². The number of alkyl halides is 1. The molecule has 0 saturated carbocycles. The molecule has 0 rings (SSSR count). The zero-order chi connectivity index (χ0) is 7.49. The minimum absolute atomic E-state index is 0.0147. The number of Topliss-reactive ketones (excluding diaryl/α,β-unsaturated/α-hetero) is 1. The Morgan fingerprint density at radius 3 is 2.33 bits per heavy atom. The van der Waals surface area contributed by atoms with Gasteiger partial charge in [0.05, 0.1) is 11.4 Å². The van der Waals surface area contributed by atoms with Gasteiger partial charge in [0.25, 0.3) is 0 Å². The standard InChI is InChI=1S/C6H12ClNO/c1-3-6(2,8)5(9)4-7/h3-4,8H2,1-2H3/t6-/m1/s1. The predicted octanol–water partition coefficient (Wildman–Crippen LogP) is 0.922. The quantitative estimate of drug-likeness (QED) is 0.607. The van der Waals surface area contributed by atoms with Gasteiger partial charge in [0.1, 0.15) is 0 Å². The largest absolute Gasteiger partial charge is 0.319 e. The van der Waals surface area contributed by atoms with Crippen molar-refractivity contribution < 1.29 is 4.79 Å². The lowest BCUT2D eigenvalue weighted by molar-refractivity contribution is -0.121. The van der Waals surface area contributed by atoms with Gasteiger partial charge in [0.15, 0.2) is 5.78 Å². The molecule has 2 N–H and O–H groups in total. The molecule has 0 aromatic rings. The van der Waals surface area contributed by atoms with Crippen LogP contribution >= 0.6 is 11.6 Å². The molecule has 0 aliphatic carbocycles. The van der Waals surface area contributed by atoms with Gasteiger partial charge in [-0.2, -0.15) is 0 Å². The van der Waals surface area contributed by atoms with Crippen LogP contribution in [0.1, 0.15) is 20.3 Å². The number of hydrogen-bond donors (Lipinski definition) is 1. The van der Waals surface area contributed by atoms with Crippen molar-refractivity contribution in [2.75, 3.05) is 5.88 Å². The van der Waals surface area contributed by atoms with Crippen LogP contribution in [-0.2, 0) is 4.79 Å². The van der Waals surface area contributed by atoms with Crippen LogP contribution in [0.2, 0.25) is 0 Å². The molecule has 0 unspecified atom stereocenters. The van der Waals surface area contributed by atoms with Crippen LogP contribution in [0.3, 0.4) is 0 Å². The lowest BCUT2D eigenvalue weighted by atomic mass is 9.96. The van der Waals surface area contributed by atoms with E-state index in [2.05, 4.69) is 0 Å². The monoisotopic (exact) mass is 149 g/mol. The van der Waals surface area contributed by atoms with Crippen LogP contribution < -0.4 is 5.73 Å². The molecular weight excluding hydrogens is 138 g/mol. The summed E-state index contributed by atoms with van der Waals surface area (Å²) in [6.07, 6.45) is 0.637. The summed E-state index contributed by atoms with van der Waals surface area (Å²) in [5.74, 6) is -0.0763. The first-order chi connectivity index (χ1) is 4.04. The van der Waals surface area contributed by atoms with Crippen LogP contribution in [0, 0.1) is 0 Å². The van der Waals surface area contributed by atoms with Gasteiger partial charge in [-0.05, 0) is 13.3 Å². The maximum Gasteiger partial charge on any atom is 0.167 e. The Morgan fingerprint density at radius 1 is 1.78 bits per heavy atom. The first-order valence-electron chi connectivity index (χ1n) is 2.92. The van der Waals surface area contributed by atoms with Crippen LogP contribution in [0.15, 0.2) is 0 Å². The Kier molecular flexibility index (Phi) is 3.15. The second-order valence-corrected chi connectivity index (χ2v) is 2.60. The van der Waals surface area contributed by atoms with E-state index in [1.54, 1.807) is 6.92 Å². The molecule has 0 spiro atoms. The van der Waals surface area contributed by atoms with Crippen molar-refractivity contribution >= 4 is 17.4 Å². The highest BCUT2D eigenvalue weighted by molar-refractivity contribution is 6.28. The molecule has 1 atom stereocenters. The molecule has 9 heavy (non-hydrogen) atoms. The van der Waals surface area contributed by atoms with Crippen LogP contribution in [0.25, 0.3) is 0 Å². The zero-order valence-corrected chi connectivity index (χ0v) is 6.53. The highest BCUT2D eigenvalue weighted by atomic mass is 35.5. The SMILES string of the molecule is CC[C@@](C)(N)C(=O)CCl. The van der Waals surface area contributed by atoms with Crippen molar-refractivity contribution in [1.29, 1.82) is 0 Å². The predicted molar refractivity (Wildman–Crippen MR) is 38.6 cm³/mol. The average molecular weight is 150 g/mol. The number of hydrogen-bond acceptors (Lipinski definition) is 2. The molecule has 0 aliphatic heterocycles. The van der Waals surface area contributed by atoms with Gasteiger partial charge in [0.2, 0.25) is 0 Å². The van der Waals surface area contributed by atoms with Crippen molar-refractivity contribution in [2.24, 2.45) is 5.73 Å². The third-order valence-electron chi connectivity index (χ3n) is 1.49. The molecule has 0 aliphatic rings. The maximum atomic E-state index is 10.8. The van der Waals surface area contributed by atoms with Gasteiger partial charge >= 0.3 is 0 Å². The number of nitrogens with two attached hydrogens (primary N) is 1. The Labute approximate surface area is 60.4 Å². The fourth-order valence-electron chi connectivity index (χ4n) is 0.350. The third kappa shape index (κ3) is 2.33. The lowest BCUT2D eigenvalue weighted by Crippen LogP contribution is -2.44. The van der Waals surface area contributed by atoms with Crippen molar-refractivity contribution in [2.45, 2.75) is 25.8 Å². The van der Waals surface area contributed by atoms with Crippen molar-refractivity contribution in [1.82, 2.24) is 0 Å². The number of rotatable bonds is 3. The van der Waals surface area contributed by atoms with Crippen molar-refractivity contribution in [3.05, 3.63) is 0 Å². The van der Waals surface area contributed by atoms with Gasteiger partial charge in [-0.3, -0.25) is 4.79 Å². The summed E-state index contributed by atoms with van der Waals surface area (Å²) in [5, 5.41) is 0. The highest BCUT2D eigenvalue weighted by Gasteiger charge is 2.23. The Balaban J connectivity index is 3.97. The van der Waals surface area contributed by atoms with E-state index < -0.39 is 5.54 Å². The molecule has 0 radical (unpaired) electrons. The second kappa shape index (κ2) is 3.18. The van der Waals surface area contributed by atoms with Crippen molar-refractivity contribution in [3.63, 3.8) is 0 Å². The molecule has 0 amide bonds. The fourth-order valence-corrected chi connectivity index (χ4v) is 0.655. The van der Waals surface area contributed by atoms with Crippen LogP contribution in [-0.4, -0.2) is 17.2 Å². The molecule has 0 heterocycles. The highest BCUT2D eigenvalue weighted by Crippen LogP contribution is 2.06. The second-order valence-electron chi connectivity index (χ2n) is 2.33. The van der Waals surface area contributed by atoms with E-state index in [0.717, 1.165) is 0 Å². The first-order valence-corrected chi connectivity index (χ1v) is 3.46. The topological polar surface area (TPSA) is 43.1 Å². The van der Waals surface area contributed by atoms with Crippen LogP contribution in [0.4, 0.5) is 0 Å². The normalized spacial score (nSPS) is 16.9. The average Bonchev–Trinajstić information content (AvgIpc) is 1.86. The van der Waals surface area contributed by atoms with Gasteiger partial charge in [-0.25, -0.2) is 0 Å². The molecule has 54 valence electrons. The third-order valence-corrected chi connectivity index (χ3v) is 1.74. The lowest BCUT2D eigenvalue weighted by Gasteiger charge is -2.18. The number of carbonyl (C=O) groups is 1. The summed E-state index contributed by atoms with van der Waals surface area (Å²) in [7, 11) is 0. The summed E-state index contributed by atoms with van der Waals surface area (Å²) in [5.41, 5.74) is 4.82. The van der Waals surface area contributed by atoms with Gasteiger partial charge in [0, 0.05) is 0 Å². The van der Waals surface area contributed by atoms with E-state index in [0.29, 0.717) is 6.42 Å². The number of ketones is 1. The van der Waals surface area contributed by atoms with Crippen LogP contribution in [0.5, 0.6) is 0 Å². The molecule has 0 saturated heterocycles. The fraction of sp³-hybridized carbons (Fsp3) is 0.833. The van der Waals surface area contributed by atoms with E-state index in [9.17, 15) is 4.79 Å². The van der Waals surface area contributed by atoms with E-state index in [4.69, 9.17) is 17.3 Å². The number of carbonyl (C=O) groups excluding carboxylic acids is 1. The molecule has 3 heteroatoms. The molecule has 2 nitrogen and oxygen atoms in total. The maximum absolute atomic E-state index is 10.8. The number of halogens is 1. The van der Waals surface area contributed by atoms with Gasteiger partial charge in [-0.1, -0.05) is 6.92 Å². The van der Waals surface area contributed by atoms with Crippen molar-refractivity contribution in [3.8, 4) is 0 Å². The Hall–Kier alpha value is -0.0800. The zero-order valence-electron chi connectivity index (χ0n) is 5.78. The summed E-state index contributed by atoms with van der Waals surface area (Å²) in [6, 6.07) is 0. The summed E-state index contributed by atoms with van der Waals surface area (Å²) >= 11 is 5.29.